The molecular formula is C23H30FN5O2S. The molecule has 32 heavy (non-hydrogen) atoms. The maximum Gasteiger partial charge on any atom is 0.141 e. The van der Waals surface area contributed by atoms with Gasteiger partial charge in [-0.3, -0.25) is 4.68 Å². The molecule has 0 spiro atoms. The molecule has 9 heteroatoms. The van der Waals surface area contributed by atoms with Crippen LogP contribution in [-0.2, 0) is 24.9 Å². The van der Waals surface area contributed by atoms with Crippen molar-refractivity contribution in [2.75, 3.05) is 31.1 Å². The average molecular weight is 460 g/mol. The number of aliphatic hydroxyl groups excluding tert-OH is 1. The molecule has 2 heterocycles. The second-order valence-electron chi connectivity index (χ2n) is 8.69. The fourth-order valence-corrected chi connectivity index (χ4v) is 4.08. The highest BCUT2D eigenvalue weighted by Crippen LogP contribution is 2.34. The highest BCUT2D eigenvalue weighted by Gasteiger charge is 2.19. The lowest BCUT2D eigenvalue weighted by molar-refractivity contribution is 0.0800. The molecule has 0 aliphatic rings. The predicted octanol–water partition coefficient (Wildman–Crippen LogP) is 3.61. The van der Waals surface area contributed by atoms with Crippen molar-refractivity contribution in [1.82, 2.24) is 19.6 Å². The van der Waals surface area contributed by atoms with Gasteiger partial charge in [0.2, 0.25) is 0 Å². The van der Waals surface area contributed by atoms with Gasteiger partial charge in [0.15, 0.2) is 0 Å². The summed E-state index contributed by atoms with van der Waals surface area (Å²) in [5, 5.41) is 28.6. The van der Waals surface area contributed by atoms with Crippen molar-refractivity contribution in [1.29, 1.82) is 5.26 Å². The van der Waals surface area contributed by atoms with Gasteiger partial charge in [0.1, 0.15) is 24.3 Å². The minimum absolute atomic E-state index is 0.217. The molecule has 7 nitrogen and oxygen atoms in total. The van der Waals surface area contributed by atoms with E-state index in [0.717, 1.165) is 11.3 Å². The number of hydrogen-bond donors (Lipinski definition) is 1. The third-order valence-corrected chi connectivity index (χ3v) is 6.50. The normalized spacial score (nSPS) is 13.2. The van der Waals surface area contributed by atoms with Crippen LogP contribution in [0.3, 0.4) is 0 Å². The lowest BCUT2D eigenvalue weighted by Gasteiger charge is -2.24. The topological polar surface area (TPSA) is 88.9 Å². The molecule has 3 rings (SSSR count). The summed E-state index contributed by atoms with van der Waals surface area (Å²) in [5.74, 6) is 0.600. The highest BCUT2D eigenvalue weighted by molar-refractivity contribution is 8.32. The summed E-state index contributed by atoms with van der Waals surface area (Å²) in [6.07, 6.45) is 8.05. The van der Waals surface area contributed by atoms with E-state index in [1.807, 2.05) is 0 Å². The molecule has 3 aromatic rings. The largest absolute Gasteiger partial charge is 0.389 e. The Morgan fingerprint density at radius 1 is 1.28 bits per heavy atom. The van der Waals surface area contributed by atoms with E-state index in [1.165, 1.54) is 12.1 Å². The van der Waals surface area contributed by atoms with Crippen LogP contribution in [0.2, 0.25) is 0 Å². The number of benzene rings is 1. The predicted molar refractivity (Wildman–Crippen MR) is 125 cm³/mol. The number of nitriles is 1. The molecule has 1 aromatic carbocycles. The average Bonchev–Trinajstić information content (AvgIpc) is 3.27. The van der Waals surface area contributed by atoms with Gasteiger partial charge in [-0.1, -0.05) is 6.07 Å². The molecule has 0 saturated heterocycles. The Kier molecular flexibility index (Phi) is 7.39. The second kappa shape index (κ2) is 9.86. The summed E-state index contributed by atoms with van der Waals surface area (Å²) >= 11 is 0. The van der Waals surface area contributed by atoms with Gasteiger partial charge in [-0.15, -0.1) is 0 Å². The second-order valence-corrected chi connectivity index (χ2v) is 13.3. The summed E-state index contributed by atoms with van der Waals surface area (Å²) in [5.41, 5.74) is 3.85. The molecule has 0 aliphatic carbocycles. The quantitative estimate of drug-likeness (QED) is 0.494. The monoisotopic (exact) mass is 459 g/mol. The lowest BCUT2D eigenvalue weighted by atomic mass is 9.96. The van der Waals surface area contributed by atoms with Crippen molar-refractivity contribution in [2.45, 2.75) is 26.2 Å². The third-order valence-electron chi connectivity index (χ3n) is 5.11. The van der Waals surface area contributed by atoms with Crippen LogP contribution < -0.4 is 0 Å². The van der Waals surface area contributed by atoms with Crippen LogP contribution in [-0.4, -0.2) is 55.8 Å². The van der Waals surface area contributed by atoms with E-state index in [4.69, 9.17) is 4.74 Å². The fraction of sp³-hybridized carbons (Fsp3) is 0.435. The molecule has 0 saturated carbocycles. The number of aliphatic hydroxyl groups is 1. The van der Waals surface area contributed by atoms with Crippen LogP contribution in [0.15, 0.2) is 30.5 Å². The Balaban J connectivity index is 1.85. The van der Waals surface area contributed by atoms with E-state index in [-0.39, 0.29) is 12.5 Å². The molecule has 1 N–H and O–H groups in total. The van der Waals surface area contributed by atoms with E-state index in [2.05, 4.69) is 35.0 Å². The van der Waals surface area contributed by atoms with Crippen molar-refractivity contribution in [2.24, 2.45) is 7.05 Å². The Bertz CT molecular complexity index is 1120. The van der Waals surface area contributed by atoms with Gasteiger partial charge < -0.3 is 9.84 Å². The number of halogens is 1. The number of ether oxygens (including phenoxy) is 1. The van der Waals surface area contributed by atoms with Crippen LogP contribution in [0.25, 0.3) is 11.3 Å². The molecule has 2 aromatic heterocycles. The molecule has 0 bridgehead atoms. The maximum absolute atomic E-state index is 14.0. The zero-order valence-corrected chi connectivity index (χ0v) is 20.0. The first-order valence-electron chi connectivity index (χ1n) is 10.3. The minimum atomic E-state index is -0.759. The minimum Gasteiger partial charge on any atom is -0.389 e. The summed E-state index contributed by atoms with van der Waals surface area (Å²) in [7, 11) is 1.13. The van der Waals surface area contributed by atoms with Crippen LogP contribution in [0.5, 0.6) is 0 Å². The summed E-state index contributed by atoms with van der Waals surface area (Å²) < 4.78 is 23.0. The Hall–Kier alpha value is -2.67. The van der Waals surface area contributed by atoms with Crippen molar-refractivity contribution >= 4 is 10.0 Å². The number of nitrogens with zero attached hydrogens (tertiary/aromatic N) is 5. The molecular weight excluding hydrogens is 429 g/mol. The molecule has 0 aliphatic heterocycles. The van der Waals surface area contributed by atoms with Crippen molar-refractivity contribution in [3.63, 3.8) is 0 Å². The first-order chi connectivity index (χ1) is 15.1. The van der Waals surface area contributed by atoms with Crippen molar-refractivity contribution in [3.05, 3.63) is 58.8 Å². The van der Waals surface area contributed by atoms with Gasteiger partial charge >= 0.3 is 0 Å². The lowest BCUT2D eigenvalue weighted by Crippen LogP contribution is -2.12. The van der Waals surface area contributed by atoms with Gasteiger partial charge in [-0.05, 0) is 49.5 Å². The highest BCUT2D eigenvalue weighted by atomic mass is 32.3. The van der Waals surface area contributed by atoms with E-state index in [0.29, 0.717) is 41.2 Å². The van der Waals surface area contributed by atoms with E-state index < -0.39 is 16.1 Å². The molecule has 0 amide bonds. The molecule has 172 valence electrons. The van der Waals surface area contributed by atoms with Crippen LogP contribution in [0, 0.1) is 17.1 Å². The Morgan fingerprint density at radius 2 is 2.03 bits per heavy atom. The summed E-state index contributed by atoms with van der Waals surface area (Å²) in [4.78, 5) is 0. The molecule has 0 radical (unpaired) electrons. The van der Waals surface area contributed by atoms with Crippen molar-refractivity contribution in [3.8, 4) is 17.3 Å². The fourth-order valence-electron chi connectivity index (χ4n) is 3.46. The van der Waals surface area contributed by atoms with Gasteiger partial charge in [0, 0.05) is 30.3 Å². The van der Waals surface area contributed by atoms with Crippen molar-refractivity contribution < 1.29 is 14.2 Å². The zero-order valence-electron chi connectivity index (χ0n) is 19.2. The van der Waals surface area contributed by atoms with Gasteiger partial charge in [-0.2, -0.15) is 15.5 Å². The van der Waals surface area contributed by atoms with E-state index in [1.54, 1.807) is 41.7 Å². The van der Waals surface area contributed by atoms with Gasteiger partial charge in [0.25, 0.3) is 0 Å². The molecule has 1 unspecified atom stereocenters. The number of hydrogen-bond acceptors (Lipinski definition) is 5. The zero-order chi connectivity index (χ0) is 23.5. The van der Waals surface area contributed by atoms with E-state index >= 15 is 0 Å². The maximum atomic E-state index is 14.0. The first-order valence-corrected chi connectivity index (χ1v) is 13.3. The van der Waals surface area contributed by atoms with Gasteiger partial charge in [-0.25, -0.2) is 19.1 Å². The molecule has 0 fully saturated rings. The third kappa shape index (κ3) is 5.76. The van der Waals surface area contributed by atoms with E-state index in [9.17, 15) is 14.8 Å². The number of aryl methyl sites for hydroxylation is 1. The number of aromatic nitrogens is 4. The SMILES string of the molecule is CC(O)c1ccc(F)cc1-c1c(Cc2cc(C#N)n(COCCS(C)(C)C)n2)cnn1C. The van der Waals surface area contributed by atoms with Crippen LogP contribution >= 0.6 is 10.0 Å². The first kappa shape index (κ1) is 24.0. The smallest absolute Gasteiger partial charge is 0.141 e. The van der Waals surface area contributed by atoms with Gasteiger partial charge in [0.05, 0.1) is 30.3 Å². The Labute approximate surface area is 189 Å². The van der Waals surface area contributed by atoms with Crippen LogP contribution in [0.4, 0.5) is 4.39 Å². The summed E-state index contributed by atoms with van der Waals surface area (Å²) in [6, 6.07) is 8.23. The number of rotatable bonds is 9. The Morgan fingerprint density at radius 3 is 2.69 bits per heavy atom. The summed E-state index contributed by atoms with van der Waals surface area (Å²) in [6.45, 7) is 2.48. The van der Waals surface area contributed by atoms with Crippen LogP contribution in [0.1, 0.15) is 35.5 Å². The standard InChI is InChI=1S/C23H30FN5O2S/c1-16(30)21-7-6-18(24)11-22(21)23-17(14-26-28(23)2)10-19-12-20(13-25)29(27-19)15-31-8-9-32(3,4)5/h6-7,11-12,14,16,30H,8-10,15H2,1-5H3. The molecule has 1 atom stereocenters.